The van der Waals surface area contributed by atoms with Crippen LogP contribution < -0.4 is 9.46 Å². The Bertz CT molecular complexity index is 476. The number of alkyl halides is 1. The zero-order chi connectivity index (χ0) is 12.9. The summed E-state index contributed by atoms with van der Waals surface area (Å²) < 4.78 is 31.3. The van der Waals surface area contributed by atoms with Crippen molar-refractivity contribution in [2.45, 2.75) is 11.3 Å². The molecule has 0 radical (unpaired) electrons. The Hall–Kier alpha value is -0.490. The van der Waals surface area contributed by atoms with Crippen molar-refractivity contribution in [2.24, 2.45) is 0 Å². The first-order valence-corrected chi connectivity index (χ1v) is 7.30. The van der Waals surface area contributed by atoms with Crippen molar-refractivity contribution in [3.05, 3.63) is 23.2 Å². The monoisotopic (exact) mass is 297 g/mol. The molecular formula is C10H13Cl2NO3S. The predicted molar refractivity (Wildman–Crippen MR) is 68.5 cm³/mol. The van der Waals surface area contributed by atoms with Gasteiger partial charge in [-0.2, -0.15) is 0 Å². The molecule has 0 heterocycles. The van der Waals surface area contributed by atoms with Gasteiger partial charge in [-0.25, -0.2) is 13.1 Å². The van der Waals surface area contributed by atoms with E-state index in [0.29, 0.717) is 17.3 Å². The first-order chi connectivity index (χ1) is 8.01. The molecule has 0 aromatic heterocycles. The first kappa shape index (κ1) is 14.6. The van der Waals surface area contributed by atoms with Crippen molar-refractivity contribution >= 4 is 33.2 Å². The molecule has 0 bridgehead atoms. The highest BCUT2D eigenvalue weighted by molar-refractivity contribution is 7.89. The molecule has 0 saturated carbocycles. The molecule has 0 unspecified atom stereocenters. The third-order valence-corrected chi connectivity index (χ3v) is 4.00. The Labute approximate surface area is 111 Å². The zero-order valence-electron chi connectivity index (χ0n) is 9.24. The van der Waals surface area contributed by atoms with Crippen LogP contribution in [0.2, 0.25) is 5.02 Å². The topological polar surface area (TPSA) is 55.4 Å². The molecule has 0 saturated heterocycles. The molecule has 0 amide bonds. The van der Waals surface area contributed by atoms with E-state index in [1.165, 1.54) is 19.2 Å². The Morgan fingerprint density at radius 2 is 2.12 bits per heavy atom. The van der Waals surface area contributed by atoms with Crippen molar-refractivity contribution < 1.29 is 13.2 Å². The average Bonchev–Trinajstić information content (AvgIpc) is 2.29. The lowest BCUT2D eigenvalue weighted by molar-refractivity contribution is 0.402. The normalized spacial score (nSPS) is 11.5. The second-order valence-electron chi connectivity index (χ2n) is 3.24. The first-order valence-electron chi connectivity index (χ1n) is 4.90. The van der Waals surface area contributed by atoms with E-state index in [9.17, 15) is 8.42 Å². The lowest BCUT2D eigenvalue weighted by atomic mass is 10.3. The number of ether oxygens (including phenoxy) is 1. The minimum atomic E-state index is -3.62. The van der Waals surface area contributed by atoms with Gasteiger partial charge in [0, 0.05) is 17.4 Å². The van der Waals surface area contributed by atoms with Crippen molar-refractivity contribution in [2.75, 3.05) is 19.5 Å². The molecule has 7 heteroatoms. The quantitative estimate of drug-likeness (QED) is 0.647. The highest BCUT2D eigenvalue weighted by atomic mass is 35.5. The third kappa shape index (κ3) is 4.03. The fourth-order valence-electron chi connectivity index (χ4n) is 1.21. The maximum absolute atomic E-state index is 11.9. The third-order valence-electron chi connectivity index (χ3n) is 2.02. The smallest absolute Gasteiger partial charge is 0.244 e. The molecule has 17 heavy (non-hydrogen) atoms. The maximum Gasteiger partial charge on any atom is 0.244 e. The van der Waals surface area contributed by atoms with Crippen molar-refractivity contribution in [1.29, 1.82) is 0 Å². The van der Waals surface area contributed by atoms with Crippen LogP contribution >= 0.6 is 23.2 Å². The summed E-state index contributed by atoms with van der Waals surface area (Å²) in [4.78, 5) is 0.0297. The summed E-state index contributed by atoms with van der Waals surface area (Å²) in [5, 5.41) is 0.337. The molecule has 96 valence electrons. The van der Waals surface area contributed by atoms with Crippen molar-refractivity contribution in [3.63, 3.8) is 0 Å². The Morgan fingerprint density at radius 3 is 2.71 bits per heavy atom. The summed E-state index contributed by atoms with van der Waals surface area (Å²) >= 11 is 11.3. The Balaban J connectivity index is 3.00. The molecular weight excluding hydrogens is 285 g/mol. The summed E-state index contributed by atoms with van der Waals surface area (Å²) in [5.41, 5.74) is 0. The van der Waals surface area contributed by atoms with E-state index < -0.39 is 10.0 Å². The van der Waals surface area contributed by atoms with Crippen LogP contribution in [0.25, 0.3) is 0 Å². The molecule has 1 N–H and O–H groups in total. The molecule has 1 aromatic rings. The number of nitrogens with one attached hydrogen (secondary N) is 1. The van der Waals surface area contributed by atoms with E-state index >= 15 is 0 Å². The number of hydrogen-bond acceptors (Lipinski definition) is 3. The van der Waals surface area contributed by atoms with Crippen LogP contribution in [0.15, 0.2) is 23.1 Å². The van der Waals surface area contributed by atoms with Gasteiger partial charge in [-0.15, -0.1) is 11.6 Å². The van der Waals surface area contributed by atoms with Crippen LogP contribution in [-0.4, -0.2) is 28.0 Å². The largest absolute Gasteiger partial charge is 0.495 e. The molecule has 0 aliphatic carbocycles. The SMILES string of the molecule is COc1ccc(Cl)cc1S(=O)(=O)NCCCCl. The van der Waals surface area contributed by atoms with Gasteiger partial charge in [-0.3, -0.25) is 0 Å². The number of benzene rings is 1. The van der Waals surface area contributed by atoms with E-state index in [0.717, 1.165) is 0 Å². The van der Waals surface area contributed by atoms with E-state index in [2.05, 4.69) is 4.72 Å². The summed E-state index contributed by atoms with van der Waals surface area (Å²) in [6.07, 6.45) is 0.559. The molecule has 1 aromatic carbocycles. The number of sulfonamides is 1. The summed E-state index contributed by atoms with van der Waals surface area (Å²) in [6, 6.07) is 4.43. The molecule has 4 nitrogen and oxygen atoms in total. The van der Waals surface area contributed by atoms with E-state index in [1.54, 1.807) is 6.07 Å². The zero-order valence-corrected chi connectivity index (χ0v) is 11.6. The lowest BCUT2D eigenvalue weighted by Crippen LogP contribution is -2.25. The highest BCUT2D eigenvalue weighted by Gasteiger charge is 2.19. The van der Waals surface area contributed by atoms with Gasteiger partial charge in [0.1, 0.15) is 10.6 Å². The van der Waals surface area contributed by atoms with E-state index in [-0.39, 0.29) is 17.2 Å². The Morgan fingerprint density at radius 1 is 1.41 bits per heavy atom. The summed E-state index contributed by atoms with van der Waals surface area (Å²) in [5.74, 6) is 0.655. The van der Waals surface area contributed by atoms with Gasteiger partial charge < -0.3 is 4.74 Å². The number of methoxy groups -OCH3 is 1. The minimum Gasteiger partial charge on any atom is -0.495 e. The fourth-order valence-corrected chi connectivity index (χ4v) is 2.85. The Kier molecular flexibility index (Phi) is 5.52. The molecule has 0 aliphatic rings. The van der Waals surface area contributed by atoms with E-state index in [1.807, 2.05) is 0 Å². The highest BCUT2D eigenvalue weighted by Crippen LogP contribution is 2.26. The standard InChI is InChI=1S/C10H13Cl2NO3S/c1-16-9-4-3-8(12)7-10(9)17(14,15)13-6-2-5-11/h3-4,7,13H,2,5-6H2,1H3. The van der Waals surface area contributed by atoms with Crippen LogP contribution in [0.5, 0.6) is 5.75 Å². The molecule has 0 aliphatic heterocycles. The van der Waals surface area contributed by atoms with Gasteiger partial charge in [0.25, 0.3) is 0 Å². The van der Waals surface area contributed by atoms with E-state index in [4.69, 9.17) is 27.9 Å². The van der Waals surface area contributed by atoms with Crippen molar-refractivity contribution in [3.8, 4) is 5.75 Å². The second-order valence-corrected chi connectivity index (χ2v) is 5.79. The van der Waals surface area contributed by atoms with Crippen LogP contribution in [0.4, 0.5) is 0 Å². The van der Waals surface area contributed by atoms with Gasteiger partial charge in [0.15, 0.2) is 0 Å². The average molecular weight is 298 g/mol. The van der Waals surface area contributed by atoms with Gasteiger partial charge >= 0.3 is 0 Å². The van der Waals surface area contributed by atoms with Crippen LogP contribution in [0.3, 0.4) is 0 Å². The van der Waals surface area contributed by atoms with Gasteiger partial charge in [0.05, 0.1) is 7.11 Å². The molecule has 0 fully saturated rings. The number of halogens is 2. The lowest BCUT2D eigenvalue weighted by Gasteiger charge is -2.10. The molecule has 0 atom stereocenters. The minimum absolute atomic E-state index is 0.0297. The van der Waals surface area contributed by atoms with Gasteiger partial charge in [-0.05, 0) is 24.6 Å². The molecule has 1 rings (SSSR count). The van der Waals surface area contributed by atoms with Crippen LogP contribution in [0.1, 0.15) is 6.42 Å². The number of rotatable bonds is 6. The maximum atomic E-state index is 11.9. The summed E-state index contributed by atoms with van der Waals surface area (Å²) in [6.45, 7) is 0.279. The number of hydrogen-bond donors (Lipinski definition) is 1. The summed E-state index contributed by atoms with van der Waals surface area (Å²) in [7, 11) is -2.21. The van der Waals surface area contributed by atoms with Gasteiger partial charge in [-0.1, -0.05) is 11.6 Å². The molecule has 0 spiro atoms. The fraction of sp³-hybridized carbons (Fsp3) is 0.400. The predicted octanol–water partition coefficient (Wildman–Crippen LogP) is 2.26. The second kappa shape index (κ2) is 6.44. The van der Waals surface area contributed by atoms with Crippen LogP contribution in [-0.2, 0) is 10.0 Å². The van der Waals surface area contributed by atoms with Crippen LogP contribution in [0, 0.1) is 0 Å². The van der Waals surface area contributed by atoms with Gasteiger partial charge in [0.2, 0.25) is 10.0 Å². The van der Waals surface area contributed by atoms with Crippen molar-refractivity contribution in [1.82, 2.24) is 4.72 Å².